The highest BCUT2D eigenvalue weighted by Gasteiger charge is 2.43. The first-order valence-electron chi connectivity index (χ1n) is 6.00. The molecule has 0 aromatic rings. The summed E-state index contributed by atoms with van der Waals surface area (Å²) in [5.41, 5.74) is 0.692. The summed E-state index contributed by atoms with van der Waals surface area (Å²) in [5, 5.41) is 0. The highest BCUT2D eigenvalue weighted by atomic mass is 32.1. The lowest BCUT2D eigenvalue weighted by molar-refractivity contribution is 0.222. The van der Waals surface area contributed by atoms with Crippen LogP contribution >= 0.6 is 12.6 Å². The Kier molecular flexibility index (Phi) is 3.13. The Balaban J connectivity index is 1.94. The maximum atomic E-state index is 4.44. The van der Waals surface area contributed by atoms with Crippen molar-refractivity contribution in [1.29, 1.82) is 0 Å². The van der Waals surface area contributed by atoms with Crippen LogP contribution < -0.4 is 0 Å². The van der Waals surface area contributed by atoms with Crippen molar-refractivity contribution in [2.24, 2.45) is 11.3 Å². The molecule has 1 aliphatic heterocycles. The van der Waals surface area contributed by atoms with Gasteiger partial charge in [0.1, 0.15) is 0 Å². The molecule has 1 saturated carbocycles. The predicted octanol–water partition coefficient (Wildman–Crippen LogP) is 2.82. The fraction of sp³-hybridized carbons (Fsp3) is 1.00. The zero-order chi connectivity index (χ0) is 10.2. The van der Waals surface area contributed by atoms with Crippen molar-refractivity contribution in [3.8, 4) is 0 Å². The average molecular weight is 213 g/mol. The molecule has 1 nitrogen and oxygen atoms in total. The van der Waals surface area contributed by atoms with E-state index in [0.29, 0.717) is 5.41 Å². The Hall–Kier alpha value is 0.310. The minimum Gasteiger partial charge on any atom is -0.300 e. The third-order valence-corrected chi connectivity index (χ3v) is 4.78. The number of rotatable bonds is 2. The van der Waals surface area contributed by atoms with Crippen molar-refractivity contribution in [3.63, 3.8) is 0 Å². The van der Waals surface area contributed by atoms with Crippen molar-refractivity contribution >= 4 is 12.6 Å². The Morgan fingerprint density at radius 3 is 2.71 bits per heavy atom. The number of nitrogens with zero attached hydrogens (tertiary/aromatic N) is 1. The summed E-state index contributed by atoms with van der Waals surface area (Å²) < 4.78 is 0. The van der Waals surface area contributed by atoms with E-state index in [-0.39, 0.29) is 0 Å². The lowest BCUT2D eigenvalue weighted by atomic mass is 9.85. The van der Waals surface area contributed by atoms with Gasteiger partial charge in [-0.05, 0) is 63.2 Å². The topological polar surface area (TPSA) is 3.24 Å². The molecule has 2 rings (SSSR count). The molecule has 0 aromatic heterocycles. The molecule has 0 aromatic carbocycles. The van der Waals surface area contributed by atoms with Gasteiger partial charge in [0.05, 0.1) is 0 Å². The first-order chi connectivity index (χ1) is 6.65. The van der Waals surface area contributed by atoms with Crippen LogP contribution in [-0.2, 0) is 0 Å². The molecular weight excluding hydrogens is 190 g/mol. The Bertz CT molecular complexity index is 204. The van der Waals surface area contributed by atoms with Crippen LogP contribution in [0.25, 0.3) is 0 Å². The van der Waals surface area contributed by atoms with E-state index in [1.807, 2.05) is 0 Å². The molecule has 0 N–H and O–H groups in total. The molecular formula is C12H23NS. The fourth-order valence-corrected chi connectivity index (χ4v) is 3.58. The van der Waals surface area contributed by atoms with Gasteiger partial charge in [0.2, 0.25) is 0 Å². The van der Waals surface area contributed by atoms with E-state index in [2.05, 4.69) is 31.4 Å². The van der Waals surface area contributed by atoms with E-state index in [9.17, 15) is 0 Å². The normalized spacial score (nSPS) is 39.0. The molecule has 0 bridgehead atoms. The van der Waals surface area contributed by atoms with Crippen LogP contribution in [0.15, 0.2) is 0 Å². The maximum Gasteiger partial charge on any atom is 0.00413 e. The zero-order valence-corrected chi connectivity index (χ0v) is 10.4. The number of likely N-dealkylation sites (tertiary alicyclic amines) is 1. The highest BCUT2D eigenvalue weighted by Crippen LogP contribution is 2.48. The second-order valence-corrected chi connectivity index (χ2v) is 5.97. The lowest BCUT2D eigenvalue weighted by Gasteiger charge is -2.26. The molecule has 0 radical (unpaired) electrons. The quantitative estimate of drug-likeness (QED) is 0.690. The molecule has 1 aliphatic carbocycles. The van der Waals surface area contributed by atoms with Gasteiger partial charge in [-0.15, -0.1) is 0 Å². The molecule has 0 unspecified atom stereocenters. The number of thiol groups is 1. The van der Waals surface area contributed by atoms with Crippen LogP contribution in [0.2, 0.25) is 0 Å². The summed E-state index contributed by atoms with van der Waals surface area (Å²) in [6, 6.07) is 0.740. The Labute approximate surface area is 93.7 Å². The van der Waals surface area contributed by atoms with Crippen molar-refractivity contribution in [2.45, 2.75) is 45.6 Å². The molecule has 2 heteroatoms. The van der Waals surface area contributed by atoms with E-state index < -0.39 is 0 Å². The molecule has 14 heavy (non-hydrogen) atoms. The van der Waals surface area contributed by atoms with E-state index in [0.717, 1.165) is 17.7 Å². The summed E-state index contributed by atoms with van der Waals surface area (Å²) in [4.78, 5) is 2.65. The molecule has 2 atom stereocenters. The van der Waals surface area contributed by atoms with Gasteiger partial charge < -0.3 is 4.90 Å². The molecule has 82 valence electrons. The summed E-state index contributed by atoms with van der Waals surface area (Å²) in [6.07, 6.45) is 5.77. The average Bonchev–Trinajstić information content (AvgIpc) is 2.74. The predicted molar refractivity (Wildman–Crippen MR) is 65.0 cm³/mol. The van der Waals surface area contributed by atoms with Crippen LogP contribution in [0, 0.1) is 11.3 Å². The number of hydrogen-bond acceptors (Lipinski definition) is 2. The summed E-state index contributed by atoms with van der Waals surface area (Å²) in [6.45, 7) is 7.33. The minimum absolute atomic E-state index is 0.692. The van der Waals surface area contributed by atoms with Gasteiger partial charge in [-0.3, -0.25) is 0 Å². The second kappa shape index (κ2) is 4.05. The zero-order valence-electron chi connectivity index (χ0n) is 9.50. The van der Waals surface area contributed by atoms with Crippen LogP contribution in [0.4, 0.5) is 0 Å². The van der Waals surface area contributed by atoms with Crippen LogP contribution in [-0.4, -0.2) is 29.8 Å². The number of hydrogen-bond donors (Lipinski definition) is 1. The van der Waals surface area contributed by atoms with Gasteiger partial charge in [0.15, 0.2) is 0 Å². The third-order valence-electron chi connectivity index (χ3n) is 4.26. The highest BCUT2D eigenvalue weighted by molar-refractivity contribution is 7.80. The molecule has 2 fully saturated rings. The van der Waals surface area contributed by atoms with Crippen molar-refractivity contribution in [3.05, 3.63) is 0 Å². The summed E-state index contributed by atoms with van der Waals surface area (Å²) in [5.74, 6) is 2.01. The van der Waals surface area contributed by atoms with Crippen molar-refractivity contribution in [2.75, 3.05) is 18.8 Å². The lowest BCUT2D eigenvalue weighted by Crippen LogP contribution is -2.31. The van der Waals surface area contributed by atoms with E-state index in [4.69, 9.17) is 0 Å². The molecule has 1 saturated heterocycles. The first-order valence-corrected chi connectivity index (χ1v) is 6.63. The SMILES string of the molecule is CC(C)N1CC[C@@]2(CC[C@@H](CS)C2)C1. The largest absolute Gasteiger partial charge is 0.300 e. The van der Waals surface area contributed by atoms with Gasteiger partial charge in [-0.25, -0.2) is 0 Å². The second-order valence-electron chi connectivity index (χ2n) is 5.61. The third kappa shape index (κ3) is 1.96. The monoisotopic (exact) mass is 213 g/mol. The van der Waals surface area contributed by atoms with Crippen molar-refractivity contribution in [1.82, 2.24) is 4.90 Å². The first kappa shape index (κ1) is 10.8. The van der Waals surface area contributed by atoms with Crippen LogP contribution in [0.5, 0.6) is 0 Å². The Morgan fingerprint density at radius 2 is 2.21 bits per heavy atom. The minimum atomic E-state index is 0.692. The summed E-state index contributed by atoms with van der Waals surface area (Å²) >= 11 is 4.44. The van der Waals surface area contributed by atoms with Crippen molar-refractivity contribution < 1.29 is 0 Å². The van der Waals surface area contributed by atoms with Gasteiger partial charge in [-0.2, -0.15) is 12.6 Å². The van der Waals surface area contributed by atoms with Crippen LogP contribution in [0.1, 0.15) is 39.5 Å². The molecule has 2 aliphatic rings. The summed E-state index contributed by atoms with van der Waals surface area (Å²) in [7, 11) is 0. The van der Waals surface area contributed by atoms with Gasteiger partial charge in [0, 0.05) is 12.6 Å². The van der Waals surface area contributed by atoms with E-state index in [1.54, 1.807) is 0 Å². The van der Waals surface area contributed by atoms with Gasteiger partial charge >= 0.3 is 0 Å². The van der Waals surface area contributed by atoms with Crippen LogP contribution in [0.3, 0.4) is 0 Å². The van der Waals surface area contributed by atoms with E-state index in [1.165, 1.54) is 38.8 Å². The standard InChI is InChI=1S/C12H23NS/c1-10(2)13-6-5-12(9-13)4-3-11(7-12)8-14/h10-11,14H,3-9H2,1-2H3/t11-,12-/m1/s1. The van der Waals surface area contributed by atoms with Gasteiger partial charge in [-0.1, -0.05) is 0 Å². The molecule has 1 spiro atoms. The maximum absolute atomic E-state index is 4.44. The molecule has 1 heterocycles. The molecule has 0 amide bonds. The fourth-order valence-electron chi connectivity index (χ4n) is 3.26. The Morgan fingerprint density at radius 1 is 1.43 bits per heavy atom. The van der Waals surface area contributed by atoms with Gasteiger partial charge in [0.25, 0.3) is 0 Å². The smallest absolute Gasteiger partial charge is 0.00413 e. The van der Waals surface area contributed by atoms with E-state index >= 15 is 0 Å².